The summed E-state index contributed by atoms with van der Waals surface area (Å²) in [5.41, 5.74) is 3.76. The molecule has 0 fully saturated rings. The van der Waals surface area contributed by atoms with E-state index in [1.54, 1.807) is 40.4 Å². The van der Waals surface area contributed by atoms with Crippen LogP contribution in [0.25, 0.3) is 0 Å². The fourth-order valence-corrected chi connectivity index (χ4v) is 5.61. The first kappa shape index (κ1) is 43.2. The van der Waals surface area contributed by atoms with Gasteiger partial charge in [0, 0.05) is 33.6 Å². The second-order valence-electron chi connectivity index (χ2n) is 13.2. The number of nitrogens with one attached hydrogen (secondary N) is 2. The second-order valence-corrected chi connectivity index (χ2v) is 13.2. The van der Waals surface area contributed by atoms with Crippen molar-refractivity contribution >= 4 is 11.8 Å². The van der Waals surface area contributed by atoms with E-state index in [-0.39, 0.29) is 36.7 Å². The van der Waals surface area contributed by atoms with Gasteiger partial charge in [-0.2, -0.15) is 0 Å². The molecule has 0 spiro atoms. The minimum Gasteiger partial charge on any atom is -0.493 e. The smallest absolute Gasteiger partial charge is 0.233 e. The molecule has 0 aliphatic carbocycles. The molecular weight excluding hydrogens is 692 g/mol. The van der Waals surface area contributed by atoms with Crippen molar-refractivity contribution in [1.29, 1.82) is 0 Å². The zero-order valence-electron chi connectivity index (χ0n) is 32.4. The summed E-state index contributed by atoms with van der Waals surface area (Å²) >= 11 is 0. The van der Waals surface area contributed by atoms with Crippen LogP contribution in [0.3, 0.4) is 0 Å². The molecule has 11 heteroatoms. The van der Waals surface area contributed by atoms with Crippen LogP contribution in [-0.2, 0) is 35.6 Å². The van der Waals surface area contributed by atoms with E-state index in [0.717, 1.165) is 61.0 Å². The van der Waals surface area contributed by atoms with Crippen LogP contribution in [0.1, 0.15) is 55.4 Å². The Morgan fingerprint density at radius 3 is 1.63 bits per heavy atom. The first-order chi connectivity index (χ1) is 26.0. The van der Waals surface area contributed by atoms with E-state index in [9.17, 15) is 18.4 Å². The second kappa shape index (κ2) is 23.5. The first-order valence-electron chi connectivity index (χ1n) is 18.2. The summed E-state index contributed by atoms with van der Waals surface area (Å²) in [6.45, 7) is 6.86. The van der Waals surface area contributed by atoms with Crippen molar-refractivity contribution in [1.82, 2.24) is 15.5 Å². The highest BCUT2D eigenvalue weighted by Crippen LogP contribution is 2.30. The molecule has 292 valence electrons. The number of carbonyl (C=O) groups is 2. The Morgan fingerprint density at radius 2 is 1.17 bits per heavy atom. The summed E-state index contributed by atoms with van der Waals surface area (Å²) < 4.78 is 49.0. The van der Waals surface area contributed by atoms with Crippen molar-refractivity contribution in [2.24, 2.45) is 5.92 Å². The Kier molecular flexibility index (Phi) is 18.8. The van der Waals surface area contributed by atoms with E-state index in [1.165, 1.54) is 24.3 Å². The molecule has 0 atom stereocenters. The van der Waals surface area contributed by atoms with Crippen LogP contribution in [0.5, 0.6) is 23.0 Å². The van der Waals surface area contributed by atoms with Crippen LogP contribution in [0.15, 0.2) is 84.9 Å². The molecule has 2 N–H and O–H groups in total. The molecule has 0 saturated heterocycles. The summed E-state index contributed by atoms with van der Waals surface area (Å²) in [6.07, 6.45) is 3.99. The number of benzene rings is 4. The van der Waals surface area contributed by atoms with Crippen molar-refractivity contribution in [2.45, 2.75) is 59.2 Å². The van der Waals surface area contributed by atoms with Crippen molar-refractivity contribution in [3.63, 3.8) is 0 Å². The lowest BCUT2D eigenvalue weighted by atomic mass is 10.1. The standard InChI is InChI=1S/C23H31FN2O3.C20H24FNO3/c1-17(2)14-26(15-23(27)25-3)11-10-18-8-9-21(22(13-18)28-4)29-16-19-6-5-7-20(24)12-19;1-22-20(23)9-4-3-6-15-10-11-18(19(13-15)24-2)25-14-16-7-5-8-17(21)12-16/h5-9,12-13,17H,10-11,14-16H2,1-4H3,(H,25,27);5,7-8,10-13H,3-4,6,9,14H2,1-2H3,(H,22,23). The Labute approximate surface area is 319 Å². The molecule has 0 bridgehead atoms. The number of rotatable bonds is 20. The van der Waals surface area contributed by atoms with Gasteiger partial charge in [0.25, 0.3) is 0 Å². The number of carbonyl (C=O) groups excluding carboxylic acids is 2. The van der Waals surface area contributed by atoms with E-state index in [1.807, 2.05) is 48.5 Å². The van der Waals surface area contributed by atoms with Gasteiger partial charge in [-0.1, -0.05) is 50.2 Å². The molecule has 4 rings (SSSR count). The number of methoxy groups -OCH3 is 2. The average Bonchev–Trinajstić information content (AvgIpc) is 3.17. The largest absolute Gasteiger partial charge is 0.493 e. The molecule has 0 heterocycles. The van der Waals surface area contributed by atoms with Crippen LogP contribution < -0.4 is 29.6 Å². The molecule has 0 aliphatic heterocycles. The van der Waals surface area contributed by atoms with Crippen molar-refractivity contribution in [3.05, 3.63) is 119 Å². The fraction of sp³-hybridized carbons (Fsp3) is 0.395. The van der Waals surface area contributed by atoms with Crippen molar-refractivity contribution in [2.75, 3.05) is 47.9 Å². The number of nitrogens with zero attached hydrogens (tertiary/aromatic N) is 1. The van der Waals surface area contributed by atoms with Gasteiger partial charge in [0.05, 0.1) is 20.8 Å². The predicted octanol–water partition coefficient (Wildman–Crippen LogP) is 7.53. The SMILES string of the molecule is CNC(=O)CCCCc1ccc(OCc2cccc(F)c2)c(OC)c1.CNC(=O)CN(CCc1ccc(OCc2cccc(F)c2)c(OC)c1)CC(C)C. The van der Waals surface area contributed by atoms with Gasteiger partial charge in [-0.05, 0) is 102 Å². The number of amides is 2. The van der Waals surface area contributed by atoms with Crippen LogP contribution in [0.2, 0.25) is 0 Å². The average molecular weight is 748 g/mol. The van der Waals surface area contributed by atoms with Crippen LogP contribution in [-0.4, -0.2) is 64.7 Å². The molecule has 0 aromatic heterocycles. The number of ether oxygens (including phenoxy) is 4. The molecule has 4 aromatic carbocycles. The highest BCUT2D eigenvalue weighted by atomic mass is 19.1. The van der Waals surface area contributed by atoms with Gasteiger partial charge in [0.2, 0.25) is 11.8 Å². The van der Waals surface area contributed by atoms with Gasteiger partial charge >= 0.3 is 0 Å². The van der Waals surface area contributed by atoms with Gasteiger partial charge in [0.1, 0.15) is 24.8 Å². The summed E-state index contributed by atoms with van der Waals surface area (Å²) in [5.74, 6) is 2.54. The number of unbranched alkanes of at least 4 members (excludes halogenated alkanes) is 1. The van der Waals surface area contributed by atoms with Gasteiger partial charge in [0.15, 0.2) is 23.0 Å². The highest BCUT2D eigenvalue weighted by molar-refractivity contribution is 5.77. The topological polar surface area (TPSA) is 98.4 Å². The van der Waals surface area contributed by atoms with E-state index >= 15 is 0 Å². The van der Waals surface area contributed by atoms with Crippen LogP contribution >= 0.6 is 0 Å². The summed E-state index contributed by atoms with van der Waals surface area (Å²) in [5, 5.41) is 5.30. The third kappa shape index (κ3) is 15.8. The Hall–Kier alpha value is -5.16. The minimum absolute atomic E-state index is 0.0179. The van der Waals surface area contributed by atoms with E-state index in [0.29, 0.717) is 41.9 Å². The van der Waals surface area contributed by atoms with E-state index in [4.69, 9.17) is 18.9 Å². The third-order valence-corrected chi connectivity index (χ3v) is 8.41. The number of aryl methyl sites for hydroxylation is 1. The Bertz CT molecular complexity index is 1750. The lowest BCUT2D eigenvalue weighted by Gasteiger charge is -2.23. The monoisotopic (exact) mass is 747 g/mol. The number of hydrogen-bond donors (Lipinski definition) is 2. The minimum atomic E-state index is -0.281. The summed E-state index contributed by atoms with van der Waals surface area (Å²) in [4.78, 5) is 25.1. The van der Waals surface area contributed by atoms with Crippen molar-refractivity contribution in [3.8, 4) is 23.0 Å². The zero-order valence-corrected chi connectivity index (χ0v) is 32.4. The van der Waals surface area contributed by atoms with Gasteiger partial charge < -0.3 is 29.6 Å². The molecule has 0 unspecified atom stereocenters. The molecule has 2 amide bonds. The predicted molar refractivity (Wildman–Crippen MR) is 208 cm³/mol. The lowest BCUT2D eigenvalue weighted by Crippen LogP contribution is -2.38. The van der Waals surface area contributed by atoms with Gasteiger partial charge in [-0.25, -0.2) is 8.78 Å². The quantitative estimate of drug-likeness (QED) is 0.0903. The normalized spacial score (nSPS) is 10.7. The number of hydrogen-bond acceptors (Lipinski definition) is 7. The Morgan fingerprint density at radius 1 is 0.648 bits per heavy atom. The van der Waals surface area contributed by atoms with Gasteiger partial charge in [-0.15, -0.1) is 0 Å². The summed E-state index contributed by atoms with van der Waals surface area (Å²) in [6, 6.07) is 24.3. The van der Waals surface area contributed by atoms with E-state index < -0.39 is 0 Å². The maximum Gasteiger partial charge on any atom is 0.233 e. The highest BCUT2D eigenvalue weighted by Gasteiger charge is 2.13. The van der Waals surface area contributed by atoms with Crippen LogP contribution in [0, 0.1) is 17.6 Å². The maximum absolute atomic E-state index is 13.3. The molecule has 4 aromatic rings. The van der Waals surface area contributed by atoms with E-state index in [2.05, 4.69) is 29.4 Å². The number of halogens is 2. The molecule has 0 aliphatic rings. The summed E-state index contributed by atoms with van der Waals surface area (Å²) in [7, 11) is 6.50. The van der Waals surface area contributed by atoms with Crippen molar-refractivity contribution < 1.29 is 37.3 Å². The molecule has 54 heavy (non-hydrogen) atoms. The molecule has 0 radical (unpaired) electrons. The molecular formula is C43H55F2N3O6. The fourth-order valence-electron chi connectivity index (χ4n) is 5.61. The molecule has 9 nitrogen and oxygen atoms in total. The van der Waals surface area contributed by atoms with Gasteiger partial charge in [-0.3, -0.25) is 14.5 Å². The maximum atomic E-state index is 13.3. The zero-order chi connectivity index (χ0) is 39.3. The number of likely N-dealkylation sites (N-methyl/N-ethyl adjacent to an activating group) is 1. The van der Waals surface area contributed by atoms with Crippen LogP contribution in [0.4, 0.5) is 8.78 Å². The lowest BCUT2D eigenvalue weighted by molar-refractivity contribution is -0.122. The molecule has 0 saturated carbocycles. The first-order valence-corrected chi connectivity index (χ1v) is 18.2. The Balaban J connectivity index is 0.000000294. The third-order valence-electron chi connectivity index (χ3n) is 8.41.